The maximum absolute atomic E-state index is 12.3. The Morgan fingerprint density at radius 2 is 2.13 bits per heavy atom. The largest absolute Gasteiger partial charge is 0.395 e. The predicted molar refractivity (Wildman–Crippen MR) is 91.5 cm³/mol. The summed E-state index contributed by atoms with van der Waals surface area (Å²) in [7, 11) is 0. The molecular formula is C17H19N3O2S. The number of carbonyl (C=O) groups excluding carboxylic acids is 1. The molecule has 1 amide bonds. The molecule has 0 saturated carbocycles. The zero-order valence-electron chi connectivity index (χ0n) is 13.0. The number of hydrogen-bond acceptors (Lipinski definition) is 4. The van der Waals surface area contributed by atoms with E-state index in [0.29, 0.717) is 19.5 Å². The van der Waals surface area contributed by atoms with Crippen molar-refractivity contribution in [1.29, 1.82) is 0 Å². The molecule has 6 heteroatoms. The number of likely N-dealkylation sites (N-methyl/N-ethyl adjacent to an activating group) is 1. The lowest BCUT2D eigenvalue weighted by Gasteiger charge is -2.19. The van der Waals surface area contributed by atoms with E-state index in [9.17, 15) is 4.79 Å². The number of nitrogens with zero attached hydrogens (tertiary/aromatic N) is 3. The number of benzene rings is 1. The van der Waals surface area contributed by atoms with Crippen molar-refractivity contribution >= 4 is 22.2 Å². The fourth-order valence-corrected chi connectivity index (χ4v) is 3.42. The number of rotatable bonds is 6. The van der Waals surface area contributed by atoms with Gasteiger partial charge in [0.05, 0.1) is 18.7 Å². The van der Waals surface area contributed by atoms with Crippen LogP contribution in [0.2, 0.25) is 0 Å². The van der Waals surface area contributed by atoms with Gasteiger partial charge in [0.2, 0.25) is 5.91 Å². The Balaban J connectivity index is 1.85. The number of aromatic nitrogens is 2. The molecule has 0 atom stereocenters. The number of imidazole rings is 1. The van der Waals surface area contributed by atoms with Crippen molar-refractivity contribution in [2.75, 3.05) is 19.7 Å². The van der Waals surface area contributed by atoms with Crippen molar-refractivity contribution in [3.05, 3.63) is 47.6 Å². The van der Waals surface area contributed by atoms with Crippen LogP contribution in [0.15, 0.2) is 41.9 Å². The zero-order valence-corrected chi connectivity index (χ0v) is 13.8. The average Bonchev–Trinajstić information content (AvgIpc) is 3.15. The Labute approximate surface area is 138 Å². The Hall–Kier alpha value is -2.18. The van der Waals surface area contributed by atoms with Crippen LogP contribution in [0.25, 0.3) is 16.2 Å². The Morgan fingerprint density at radius 1 is 1.35 bits per heavy atom. The fraction of sp³-hybridized carbons (Fsp3) is 0.294. The van der Waals surface area contributed by atoms with Crippen LogP contribution >= 0.6 is 11.3 Å². The minimum atomic E-state index is -0.0120. The number of thiazole rings is 1. The molecule has 23 heavy (non-hydrogen) atoms. The van der Waals surface area contributed by atoms with E-state index in [1.54, 1.807) is 4.90 Å². The van der Waals surface area contributed by atoms with Crippen molar-refractivity contribution in [3.63, 3.8) is 0 Å². The van der Waals surface area contributed by atoms with Crippen molar-refractivity contribution in [2.45, 2.75) is 13.3 Å². The molecule has 0 aliphatic rings. The molecule has 2 aromatic heterocycles. The van der Waals surface area contributed by atoms with E-state index in [0.717, 1.165) is 21.9 Å². The van der Waals surface area contributed by atoms with Gasteiger partial charge in [-0.3, -0.25) is 9.20 Å². The molecule has 0 aliphatic carbocycles. The molecule has 120 valence electrons. The van der Waals surface area contributed by atoms with Gasteiger partial charge in [0.1, 0.15) is 0 Å². The Kier molecular flexibility index (Phi) is 4.73. The molecule has 1 aromatic carbocycles. The highest BCUT2D eigenvalue weighted by Gasteiger charge is 2.16. The third kappa shape index (κ3) is 3.28. The quantitative estimate of drug-likeness (QED) is 0.756. The van der Waals surface area contributed by atoms with Crippen LogP contribution in [0.5, 0.6) is 0 Å². The van der Waals surface area contributed by atoms with Crippen molar-refractivity contribution in [1.82, 2.24) is 14.3 Å². The molecular weight excluding hydrogens is 310 g/mol. The molecule has 3 rings (SSSR count). The van der Waals surface area contributed by atoms with E-state index in [1.807, 2.05) is 53.2 Å². The third-order valence-corrected chi connectivity index (χ3v) is 4.68. The minimum Gasteiger partial charge on any atom is -0.395 e. The summed E-state index contributed by atoms with van der Waals surface area (Å²) in [6.45, 7) is 2.89. The number of hydrogen-bond donors (Lipinski definition) is 1. The standard InChI is InChI=1S/C17H19N3O2S/c1-2-19(8-9-21)16(22)10-14-12-23-17-18-15(11-20(14)17)13-6-4-3-5-7-13/h3-7,11-12,21H,2,8-10H2,1H3. The van der Waals surface area contributed by atoms with Crippen LogP contribution in [0, 0.1) is 0 Å². The van der Waals surface area contributed by atoms with E-state index in [1.165, 1.54) is 11.3 Å². The number of aliphatic hydroxyl groups excluding tert-OH is 1. The number of aliphatic hydroxyl groups is 1. The fourth-order valence-electron chi connectivity index (χ4n) is 2.55. The summed E-state index contributed by atoms with van der Waals surface area (Å²) >= 11 is 1.54. The SMILES string of the molecule is CCN(CCO)C(=O)Cc1csc2nc(-c3ccccc3)cn12. The first-order valence-corrected chi connectivity index (χ1v) is 8.50. The van der Waals surface area contributed by atoms with E-state index >= 15 is 0 Å². The molecule has 0 saturated heterocycles. The topological polar surface area (TPSA) is 57.8 Å². The summed E-state index contributed by atoms with van der Waals surface area (Å²) in [5.41, 5.74) is 2.91. The van der Waals surface area contributed by atoms with Gasteiger partial charge >= 0.3 is 0 Å². The highest BCUT2D eigenvalue weighted by atomic mass is 32.1. The van der Waals surface area contributed by atoms with Gasteiger partial charge in [0.25, 0.3) is 0 Å². The van der Waals surface area contributed by atoms with Gasteiger partial charge in [0.15, 0.2) is 4.96 Å². The van der Waals surface area contributed by atoms with Crippen LogP contribution < -0.4 is 0 Å². The molecule has 3 aromatic rings. The second-order valence-electron chi connectivity index (χ2n) is 5.25. The van der Waals surface area contributed by atoms with E-state index in [2.05, 4.69) is 4.98 Å². The molecule has 5 nitrogen and oxygen atoms in total. The van der Waals surface area contributed by atoms with Crippen molar-refractivity contribution in [2.24, 2.45) is 0 Å². The van der Waals surface area contributed by atoms with Gasteiger partial charge in [-0.25, -0.2) is 4.98 Å². The first kappa shape index (κ1) is 15.7. The summed E-state index contributed by atoms with van der Waals surface area (Å²) < 4.78 is 1.98. The van der Waals surface area contributed by atoms with Gasteiger partial charge in [-0.05, 0) is 6.92 Å². The molecule has 1 N–H and O–H groups in total. The molecule has 2 heterocycles. The first-order chi connectivity index (χ1) is 11.2. The summed E-state index contributed by atoms with van der Waals surface area (Å²) in [6, 6.07) is 10.0. The first-order valence-electron chi connectivity index (χ1n) is 7.62. The highest BCUT2D eigenvalue weighted by Crippen LogP contribution is 2.23. The number of carbonyl (C=O) groups is 1. The van der Waals surface area contributed by atoms with E-state index < -0.39 is 0 Å². The van der Waals surface area contributed by atoms with Gasteiger partial charge < -0.3 is 10.0 Å². The predicted octanol–water partition coefficient (Wildman–Crippen LogP) is 2.45. The van der Waals surface area contributed by atoms with Crippen LogP contribution in [0.4, 0.5) is 0 Å². The van der Waals surface area contributed by atoms with Crippen LogP contribution in [0.3, 0.4) is 0 Å². The maximum atomic E-state index is 12.3. The van der Waals surface area contributed by atoms with Crippen LogP contribution in [-0.4, -0.2) is 45.0 Å². The van der Waals surface area contributed by atoms with Gasteiger partial charge in [-0.1, -0.05) is 30.3 Å². The molecule has 0 radical (unpaired) electrons. The monoisotopic (exact) mass is 329 g/mol. The summed E-state index contributed by atoms with van der Waals surface area (Å²) in [4.78, 5) is 19.5. The normalized spacial score (nSPS) is 11.0. The molecule has 0 spiro atoms. The molecule has 0 aliphatic heterocycles. The maximum Gasteiger partial charge on any atom is 0.228 e. The Bertz CT molecular complexity index is 795. The van der Waals surface area contributed by atoms with E-state index in [-0.39, 0.29) is 12.5 Å². The van der Waals surface area contributed by atoms with Crippen molar-refractivity contribution in [3.8, 4) is 11.3 Å². The second kappa shape index (κ2) is 6.93. The second-order valence-corrected chi connectivity index (χ2v) is 6.08. The number of amides is 1. The van der Waals surface area contributed by atoms with Crippen molar-refractivity contribution < 1.29 is 9.90 Å². The van der Waals surface area contributed by atoms with Crippen LogP contribution in [-0.2, 0) is 11.2 Å². The molecule has 0 fully saturated rings. The molecule has 0 unspecified atom stereocenters. The lowest BCUT2D eigenvalue weighted by atomic mass is 10.2. The lowest BCUT2D eigenvalue weighted by molar-refractivity contribution is -0.130. The lowest BCUT2D eigenvalue weighted by Crippen LogP contribution is -2.34. The number of fused-ring (bicyclic) bond motifs is 1. The van der Waals surface area contributed by atoms with Gasteiger partial charge in [-0.15, -0.1) is 11.3 Å². The summed E-state index contributed by atoms with van der Waals surface area (Å²) in [5, 5.41) is 11.0. The highest BCUT2D eigenvalue weighted by molar-refractivity contribution is 7.15. The minimum absolute atomic E-state index is 0.0120. The third-order valence-electron chi connectivity index (χ3n) is 3.79. The average molecular weight is 329 g/mol. The smallest absolute Gasteiger partial charge is 0.228 e. The van der Waals surface area contributed by atoms with Gasteiger partial charge in [0, 0.05) is 35.9 Å². The zero-order chi connectivity index (χ0) is 16.2. The van der Waals surface area contributed by atoms with Crippen LogP contribution in [0.1, 0.15) is 12.6 Å². The summed E-state index contributed by atoms with van der Waals surface area (Å²) in [6.07, 6.45) is 2.30. The van der Waals surface area contributed by atoms with Gasteiger partial charge in [-0.2, -0.15) is 0 Å². The summed E-state index contributed by atoms with van der Waals surface area (Å²) in [5.74, 6) is 0.0243. The Morgan fingerprint density at radius 3 is 2.83 bits per heavy atom. The molecule has 0 bridgehead atoms. The van der Waals surface area contributed by atoms with E-state index in [4.69, 9.17) is 5.11 Å².